The van der Waals surface area contributed by atoms with Crippen LogP contribution in [0.15, 0.2) is 28.7 Å². The number of carbonyl (C=O) groups excluding carboxylic acids is 1. The Balaban J connectivity index is 1.89. The van der Waals surface area contributed by atoms with E-state index in [0.29, 0.717) is 35.4 Å². The van der Waals surface area contributed by atoms with E-state index in [1.165, 1.54) is 18.2 Å². The van der Waals surface area contributed by atoms with Crippen molar-refractivity contribution < 1.29 is 19.2 Å². The molecule has 0 spiro atoms. The molecule has 1 aliphatic rings. The number of furan rings is 1. The van der Waals surface area contributed by atoms with E-state index >= 15 is 0 Å². The lowest BCUT2D eigenvalue weighted by Crippen LogP contribution is -2.24. The van der Waals surface area contributed by atoms with Crippen molar-refractivity contribution in [2.75, 3.05) is 5.32 Å². The number of non-ortho nitro benzene ring substituents is 1. The number of aliphatic hydroxyl groups is 1. The maximum absolute atomic E-state index is 12.5. The number of carbonyl (C=O) groups is 1. The molecule has 1 unspecified atom stereocenters. The van der Waals surface area contributed by atoms with Crippen LogP contribution < -0.4 is 5.32 Å². The van der Waals surface area contributed by atoms with Crippen LogP contribution in [0.4, 0.5) is 11.4 Å². The number of nitro benzene ring substituents is 1. The van der Waals surface area contributed by atoms with Crippen LogP contribution >= 0.6 is 0 Å². The minimum atomic E-state index is -0.665. The van der Waals surface area contributed by atoms with E-state index < -0.39 is 16.9 Å². The Morgan fingerprint density at radius 1 is 1.44 bits per heavy atom. The second kappa shape index (κ2) is 6.00. The third-order valence-corrected chi connectivity index (χ3v) is 4.51. The fourth-order valence-corrected chi connectivity index (χ4v) is 3.39. The smallest absolute Gasteiger partial charge is 0.291 e. The molecule has 0 aliphatic heterocycles. The van der Waals surface area contributed by atoms with Crippen molar-refractivity contribution in [2.45, 2.75) is 39.7 Å². The van der Waals surface area contributed by atoms with Crippen LogP contribution in [0.1, 0.15) is 53.8 Å². The van der Waals surface area contributed by atoms with Crippen molar-refractivity contribution in [3.05, 3.63) is 57.0 Å². The van der Waals surface area contributed by atoms with Gasteiger partial charge in [-0.15, -0.1) is 0 Å². The minimum Gasteiger partial charge on any atom is -0.455 e. The predicted molar refractivity (Wildman–Crippen MR) is 91.6 cm³/mol. The zero-order valence-corrected chi connectivity index (χ0v) is 14.3. The predicted octanol–water partition coefficient (Wildman–Crippen LogP) is 3.75. The Morgan fingerprint density at radius 2 is 2.16 bits per heavy atom. The summed E-state index contributed by atoms with van der Waals surface area (Å²) in [5.41, 5.74) is 1.40. The summed E-state index contributed by atoms with van der Waals surface area (Å²) < 4.78 is 5.75. The third-order valence-electron chi connectivity index (χ3n) is 4.51. The topological polar surface area (TPSA) is 106 Å². The van der Waals surface area contributed by atoms with Crippen molar-refractivity contribution >= 4 is 17.3 Å². The molecule has 3 rings (SSSR count). The molecule has 1 amide bonds. The van der Waals surface area contributed by atoms with Crippen LogP contribution in [0, 0.1) is 22.5 Å². The van der Waals surface area contributed by atoms with Gasteiger partial charge in [-0.1, -0.05) is 19.9 Å². The highest BCUT2D eigenvalue weighted by atomic mass is 16.6. The molecule has 0 saturated carbocycles. The van der Waals surface area contributed by atoms with Crippen LogP contribution in [0.3, 0.4) is 0 Å². The van der Waals surface area contributed by atoms with Crippen LogP contribution in [-0.4, -0.2) is 15.9 Å². The Labute approximate surface area is 144 Å². The van der Waals surface area contributed by atoms with Crippen LogP contribution in [0.5, 0.6) is 0 Å². The van der Waals surface area contributed by atoms with E-state index in [0.717, 1.165) is 0 Å². The van der Waals surface area contributed by atoms with Crippen LogP contribution in [0.25, 0.3) is 0 Å². The number of hydrogen-bond acceptors (Lipinski definition) is 5. The maximum atomic E-state index is 12.5. The Bertz CT molecular complexity index is 853. The summed E-state index contributed by atoms with van der Waals surface area (Å²) in [6.45, 7) is 5.83. The number of amides is 1. The number of nitrogens with one attached hydrogen (secondary N) is 1. The maximum Gasteiger partial charge on any atom is 0.291 e. The second-order valence-corrected chi connectivity index (χ2v) is 7.22. The lowest BCUT2D eigenvalue weighted by molar-refractivity contribution is -0.384. The van der Waals surface area contributed by atoms with Gasteiger partial charge < -0.3 is 14.8 Å². The molecule has 25 heavy (non-hydrogen) atoms. The van der Waals surface area contributed by atoms with Crippen molar-refractivity contribution in [1.82, 2.24) is 0 Å². The summed E-state index contributed by atoms with van der Waals surface area (Å²) in [4.78, 5) is 22.9. The summed E-state index contributed by atoms with van der Waals surface area (Å²) in [6.07, 6.45) is 0.582. The first-order valence-electron chi connectivity index (χ1n) is 8.04. The Hall–Kier alpha value is -2.67. The monoisotopic (exact) mass is 344 g/mol. The molecule has 2 aromatic rings. The molecule has 1 atom stereocenters. The standard InChI is InChI=1S/C18H20N2O5/c1-10-15-13(21)8-18(2,3)9-14(15)25-16(10)17(22)19-11-5-4-6-12(7-11)20(23)24/h4-7,13,21H,8-9H2,1-3H3,(H,19,22). The molecule has 0 radical (unpaired) electrons. The number of aliphatic hydroxyl groups excluding tert-OH is 1. The van der Waals surface area contributed by atoms with Gasteiger partial charge in [0.2, 0.25) is 0 Å². The average molecular weight is 344 g/mol. The van der Waals surface area contributed by atoms with Gasteiger partial charge in [-0.05, 0) is 24.8 Å². The number of rotatable bonds is 3. The van der Waals surface area contributed by atoms with Gasteiger partial charge in [0.15, 0.2) is 5.76 Å². The average Bonchev–Trinajstić information content (AvgIpc) is 2.83. The van der Waals surface area contributed by atoms with E-state index in [2.05, 4.69) is 5.32 Å². The molecule has 0 saturated heterocycles. The molecular weight excluding hydrogens is 324 g/mol. The number of nitro groups is 1. The molecular formula is C18H20N2O5. The molecule has 2 N–H and O–H groups in total. The highest BCUT2D eigenvalue weighted by Crippen LogP contribution is 2.44. The summed E-state index contributed by atoms with van der Waals surface area (Å²) in [5.74, 6) is 0.274. The summed E-state index contributed by atoms with van der Waals surface area (Å²) in [7, 11) is 0. The van der Waals surface area contributed by atoms with E-state index in [9.17, 15) is 20.0 Å². The summed E-state index contributed by atoms with van der Waals surface area (Å²) in [6, 6.07) is 5.71. The zero-order chi connectivity index (χ0) is 18.4. The zero-order valence-electron chi connectivity index (χ0n) is 14.3. The van der Waals surface area contributed by atoms with Gasteiger partial charge in [-0.3, -0.25) is 14.9 Å². The third kappa shape index (κ3) is 3.28. The molecule has 7 heteroatoms. The van der Waals surface area contributed by atoms with Crippen molar-refractivity contribution in [3.63, 3.8) is 0 Å². The first-order valence-corrected chi connectivity index (χ1v) is 8.04. The first-order chi connectivity index (χ1) is 11.7. The van der Waals surface area contributed by atoms with E-state index in [1.54, 1.807) is 13.0 Å². The molecule has 7 nitrogen and oxygen atoms in total. The molecule has 1 aromatic heterocycles. The number of fused-ring (bicyclic) bond motifs is 1. The minimum absolute atomic E-state index is 0.106. The van der Waals surface area contributed by atoms with Gasteiger partial charge >= 0.3 is 0 Å². The first kappa shape index (κ1) is 17.2. The van der Waals surface area contributed by atoms with Crippen molar-refractivity contribution in [2.24, 2.45) is 5.41 Å². The molecule has 1 aromatic carbocycles. The molecule has 0 fully saturated rings. The van der Waals surface area contributed by atoms with Crippen LogP contribution in [-0.2, 0) is 6.42 Å². The Morgan fingerprint density at radius 3 is 2.84 bits per heavy atom. The number of benzene rings is 1. The number of hydrogen-bond donors (Lipinski definition) is 2. The summed E-state index contributed by atoms with van der Waals surface area (Å²) >= 11 is 0. The second-order valence-electron chi connectivity index (χ2n) is 7.22. The van der Waals surface area contributed by atoms with E-state index in [1.807, 2.05) is 13.8 Å². The molecule has 0 bridgehead atoms. The highest BCUT2D eigenvalue weighted by molar-refractivity contribution is 6.03. The number of anilines is 1. The molecule has 1 aliphatic carbocycles. The Kier molecular flexibility index (Phi) is 4.12. The van der Waals surface area contributed by atoms with Crippen molar-refractivity contribution in [1.29, 1.82) is 0 Å². The normalized spacial score (nSPS) is 18.5. The lowest BCUT2D eigenvalue weighted by atomic mass is 9.75. The van der Waals surface area contributed by atoms with Gasteiger partial charge in [0.05, 0.1) is 11.0 Å². The van der Waals surface area contributed by atoms with Gasteiger partial charge in [0.1, 0.15) is 5.76 Å². The van der Waals surface area contributed by atoms with Gasteiger partial charge in [-0.25, -0.2) is 0 Å². The SMILES string of the molecule is Cc1c(C(=O)Nc2cccc([N+](=O)[O-])c2)oc2c1C(O)CC(C)(C)C2. The fraction of sp³-hybridized carbons (Fsp3) is 0.389. The molecule has 1 heterocycles. The van der Waals surface area contributed by atoms with Crippen molar-refractivity contribution in [3.8, 4) is 0 Å². The van der Waals surface area contributed by atoms with E-state index in [4.69, 9.17) is 4.42 Å². The fourth-order valence-electron chi connectivity index (χ4n) is 3.39. The van der Waals surface area contributed by atoms with Gasteiger partial charge in [0, 0.05) is 35.4 Å². The summed E-state index contributed by atoms with van der Waals surface area (Å²) in [5, 5.41) is 23.9. The van der Waals surface area contributed by atoms with E-state index in [-0.39, 0.29) is 16.9 Å². The highest BCUT2D eigenvalue weighted by Gasteiger charge is 2.37. The molecule has 132 valence electrons. The van der Waals surface area contributed by atoms with Gasteiger partial charge in [0.25, 0.3) is 11.6 Å². The van der Waals surface area contributed by atoms with Crippen LogP contribution in [0.2, 0.25) is 0 Å². The lowest BCUT2D eigenvalue weighted by Gasteiger charge is -2.31. The largest absolute Gasteiger partial charge is 0.455 e. The number of nitrogens with zero attached hydrogens (tertiary/aromatic N) is 1. The quantitative estimate of drug-likeness (QED) is 0.651. The van der Waals surface area contributed by atoms with Gasteiger partial charge in [-0.2, -0.15) is 0 Å².